The zero-order chi connectivity index (χ0) is 22.3. The summed E-state index contributed by atoms with van der Waals surface area (Å²) in [6.07, 6.45) is -0.822. The van der Waals surface area contributed by atoms with Gasteiger partial charge in [-0.1, -0.05) is 49.4 Å². The number of piperidine rings is 1. The molecule has 0 saturated carbocycles. The highest BCUT2D eigenvalue weighted by molar-refractivity contribution is 6.21. The van der Waals surface area contributed by atoms with Crippen LogP contribution in [0, 0.1) is 11.8 Å². The average molecular weight is 420 g/mol. The number of fused-ring (bicyclic) bond motifs is 1. The summed E-state index contributed by atoms with van der Waals surface area (Å²) in [4.78, 5) is 53.7. The van der Waals surface area contributed by atoms with E-state index in [4.69, 9.17) is 0 Å². The Kier molecular flexibility index (Phi) is 5.13. The maximum atomic E-state index is 13.3. The van der Waals surface area contributed by atoms with Gasteiger partial charge in [-0.2, -0.15) is 0 Å². The molecule has 160 valence electrons. The number of likely N-dealkylation sites (tertiary alicyclic amines) is 1. The van der Waals surface area contributed by atoms with E-state index in [1.807, 2.05) is 30.3 Å². The van der Waals surface area contributed by atoms with Gasteiger partial charge in [0.2, 0.25) is 0 Å². The van der Waals surface area contributed by atoms with Crippen molar-refractivity contribution in [2.45, 2.75) is 25.8 Å². The fraction of sp³-hybridized carbons (Fsp3) is 0.333. The number of carbonyl (C=O) groups is 4. The van der Waals surface area contributed by atoms with Crippen LogP contribution in [0.2, 0.25) is 0 Å². The molecule has 3 amide bonds. The van der Waals surface area contributed by atoms with E-state index in [9.17, 15) is 24.3 Å². The van der Waals surface area contributed by atoms with E-state index in [-0.39, 0.29) is 18.9 Å². The first-order chi connectivity index (χ1) is 14.7. The molecule has 7 heteroatoms. The van der Waals surface area contributed by atoms with Crippen molar-refractivity contribution in [2.75, 3.05) is 13.1 Å². The molecule has 2 heterocycles. The quantitative estimate of drug-likeness (QED) is 0.767. The third-order valence-corrected chi connectivity index (χ3v) is 6.53. The van der Waals surface area contributed by atoms with Crippen LogP contribution in [-0.4, -0.2) is 57.2 Å². The molecule has 0 aromatic heterocycles. The van der Waals surface area contributed by atoms with E-state index in [0.717, 1.165) is 10.5 Å². The topological polar surface area (TPSA) is 95.0 Å². The number of carboxylic acid groups (broad SMARTS) is 1. The molecule has 2 aromatic carbocycles. The smallest absolute Gasteiger partial charge is 0.407 e. The molecule has 4 rings (SSSR count). The summed E-state index contributed by atoms with van der Waals surface area (Å²) in [6.45, 7) is 3.36. The van der Waals surface area contributed by atoms with Crippen LogP contribution in [0.4, 0.5) is 4.79 Å². The molecule has 2 aliphatic heterocycles. The molecule has 0 spiro atoms. The number of benzene rings is 2. The number of amides is 3. The number of hydrogen-bond donors (Lipinski definition) is 1. The maximum Gasteiger partial charge on any atom is 0.407 e. The Hall–Kier alpha value is -3.48. The molecule has 7 nitrogen and oxygen atoms in total. The number of Topliss-reactive ketones (excluding diaryl/α,β-unsaturated/α-hetero) is 1. The molecule has 1 fully saturated rings. The van der Waals surface area contributed by atoms with Crippen LogP contribution in [0.1, 0.15) is 40.1 Å². The third kappa shape index (κ3) is 3.40. The van der Waals surface area contributed by atoms with E-state index in [1.54, 1.807) is 38.1 Å². The fourth-order valence-electron chi connectivity index (χ4n) is 4.81. The predicted octanol–water partition coefficient (Wildman–Crippen LogP) is 3.10. The van der Waals surface area contributed by atoms with E-state index in [2.05, 4.69) is 0 Å². The average Bonchev–Trinajstić information content (AvgIpc) is 2.99. The minimum absolute atomic E-state index is 0.0795. The Morgan fingerprint density at radius 3 is 2.10 bits per heavy atom. The van der Waals surface area contributed by atoms with Crippen molar-refractivity contribution in [3.05, 3.63) is 71.3 Å². The second-order valence-electron chi connectivity index (χ2n) is 8.54. The minimum Gasteiger partial charge on any atom is -0.465 e. The van der Waals surface area contributed by atoms with Crippen LogP contribution in [-0.2, 0) is 11.2 Å². The largest absolute Gasteiger partial charge is 0.465 e. The van der Waals surface area contributed by atoms with Gasteiger partial charge in [0, 0.05) is 19.0 Å². The predicted molar refractivity (Wildman–Crippen MR) is 113 cm³/mol. The van der Waals surface area contributed by atoms with Gasteiger partial charge in [-0.3, -0.25) is 19.3 Å². The molecule has 0 aliphatic carbocycles. The molecule has 0 bridgehead atoms. The molecule has 0 radical (unpaired) electrons. The Morgan fingerprint density at radius 1 is 1.00 bits per heavy atom. The maximum absolute atomic E-state index is 13.3. The van der Waals surface area contributed by atoms with Crippen LogP contribution in [0.25, 0.3) is 0 Å². The van der Waals surface area contributed by atoms with Gasteiger partial charge in [-0.15, -0.1) is 0 Å². The molecule has 2 aromatic rings. The Balaban J connectivity index is 1.73. The first-order valence-electron chi connectivity index (χ1n) is 10.3. The van der Waals surface area contributed by atoms with Crippen LogP contribution in [0.5, 0.6) is 0 Å². The van der Waals surface area contributed by atoms with Crippen molar-refractivity contribution in [3.8, 4) is 0 Å². The summed E-state index contributed by atoms with van der Waals surface area (Å²) in [6, 6.07) is 15.9. The lowest BCUT2D eigenvalue weighted by Crippen LogP contribution is -2.66. The fourth-order valence-corrected chi connectivity index (χ4v) is 4.81. The van der Waals surface area contributed by atoms with E-state index in [0.29, 0.717) is 17.5 Å². The van der Waals surface area contributed by atoms with Crippen molar-refractivity contribution >= 4 is 23.7 Å². The molecular weight excluding hydrogens is 396 g/mol. The number of carbonyl (C=O) groups excluding carboxylic acids is 3. The zero-order valence-corrected chi connectivity index (χ0v) is 17.4. The molecule has 3 atom stereocenters. The van der Waals surface area contributed by atoms with Gasteiger partial charge in [0.25, 0.3) is 11.8 Å². The molecule has 1 N–H and O–H groups in total. The van der Waals surface area contributed by atoms with E-state index in [1.165, 1.54) is 4.90 Å². The van der Waals surface area contributed by atoms with Crippen molar-refractivity contribution in [1.82, 2.24) is 9.80 Å². The first-order valence-corrected chi connectivity index (χ1v) is 10.3. The molecule has 31 heavy (non-hydrogen) atoms. The normalized spacial score (nSPS) is 25.7. The van der Waals surface area contributed by atoms with Gasteiger partial charge in [0.15, 0.2) is 0 Å². The minimum atomic E-state index is -1.12. The standard InChI is InChI=1S/C24H24N2O5/c1-15-13-26(23(30)31)24(2,12-16-8-4-3-5-9-16)19(20(15)27)14-25-21(28)17-10-6-7-11-18(17)22(25)29/h3-11,15,19H,12-14H2,1-2H3,(H,30,31). The van der Waals surface area contributed by atoms with Gasteiger partial charge in [-0.25, -0.2) is 4.79 Å². The van der Waals surface area contributed by atoms with Gasteiger partial charge in [0.1, 0.15) is 5.78 Å². The van der Waals surface area contributed by atoms with E-state index < -0.39 is 35.3 Å². The highest BCUT2D eigenvalue weighted by Gasteiger charge is 2.53. The monoisotopic (exact) mass is 420 g/mol. The summed E-state index contributed by atoms with van der Waals surface area (Å²) < 4.78 is 0. The number of imide groups is 1. The number of nitrogens with zero attached hydrogens (tertiary/aromatic N) is 2. The molecule has 1 saturated heterocycles. The van der Waals surface area contributed by atoms with Crippen LogP contribution in [0.3, 0.4) is 0 Å². The first kappa shape index (κ1) is 20.8. The van der Waals surface area contributed by atoms with Crippen molar-refractivity contribution in [3.63, 3.8) is 0 Å². The molecule has 3 unspecified atom stereocenters. The van der Waals surface area contributed by atoms with Gasteiger partial charge < -0.3 is 10.0 Å². The highest BCUT2D eigenvalue weighted by atomic mass is 16.4. The lowest BCUT2D eigenvalue weighted by atomic mass is 9.70. The second-order valence-corrected chi connectivity index (χ2v) is 8.54. The molecule has 2 aliphatic rings. The number of rotatable bonds is 4. The highest BCUT2D eigenvalue weighted by Crippen LogP contribution is 2.38. The van der Waals surface area contributed by atoms with Gasteiger partial charge in [-0.05, 0) is 31.0 Å². The van der Waals surface area contributed by atoms with Crippen molar-refractivity contribution < 1.29 is 24.3 Å². The summed E-state index contributed by atoms with van der Waals surface area (Å²) in [7, 11) is 0. The lowest BCUT2D eigenvalue weighted by molar-refractivity contribution is -0.138. The zero-order valence-electron chi connectivity index (χ0n) is 17.4. The number of ketones is 1. The van der Waals surface area contributed by atoms with Crippen LogP contribution < -0.4 is 0 Å². The van der Waals surface area contributed by atoms with E-state index >= 15 is 0 Å². The van der Waals surface area contributed by atoms with Crippen molar-refractivity contribution in [1.29, 1.82) is 0 Å². The lowest BCUT2D eigenvalue weighted by Gasteiger charge is -2.50. The summed E-state index contributed by atoms with van der Waals surface area (Å²) in [5.74, 6) is -2.39. The molecular formula is C24H24N2O5. The second kappa shape index (κ2) is 7.65. The Labute approximate surface area is 180 Å². The van der Waals surface area contributed by atoms with Gasteiger partial charge in [0.05, 0.1) is 22.6 Å². The van der Waals surface area contributed by atoms with Crippen LogP contribution in [0.15, 0.2) is 54.6 Å². The SMILES string of the molecule is CC1CN(C(=O)O)C(C)(Cc2ccccc2)C(CN2C(=O)c3ccccc3C2=O)C1=O. The van der Waals surface area contributed by atoms with Crippen LogP contribution >= 0.6 is 0 Å². The Morgan fingerprint density at radius 2 is 1.55 bits per heavy atom. The summed E-state index contributed by atoms with van der Waals surface area (Å²) >= 11 is 0. The third-order valence-electron chi connectivity index (χ3n) is 6.53. The van der Waals surface area contributed by atoms with Crippen molar-refractivity contribution in [2.24, 2.45) is 11.8 Å². The summed E-state index contributed by atoms with van der Waals surface area (Å²) in [5.41, 5.74) is 0.393. The summed E-state index contributed by atoms with van der Waals surface area (Å²) in [5, 5.41) is 9.95. The van der Waals surface area contributed by atoms with Gasteiger partial charge >= 0.3 is 6.09 Å². The Bertz CT molecular complexity index is 1030. The number of hydrogen-bond acceptors (Lipinski definition) is 4.